The average Bonchev–Trinajstić information content (AvgIpc) is 3.25. The van der Waals surface area contributed by atoms with Crippen LogP contribution in [0.15, 0.2) is 35.5 Å². The molecule has 1 aliphatic heterocycles. The second-order valence-corrected chi connectivity index (χ2v) is 6.54. The van der Waals surface area contributed by atoms with Crippen LogP contribution in [0.2, 0.25) is 0 Å². The van der Waals surface area contributed by atoms with Crippen LogP contribution in [0.3, 0.4) is 0 Å². The fourth-order valence-electron chi connectivity index (χ4n) is 3.83. The quantitative estimate of drug-likeness (QED) is 0.553. The first-order chi connectivity index (χ1) is 13.0. The molecule has 4 aromatic rings. The molecule has 0 bridgehead atoms. The summed E-state index contributed by atoms with van der Waals surface area (Å²) < 4.78 is 17.6. The maximum Gasteiger partial charge on any atom is 0.272 e. The maximum absolute atomic E-state index is 14.1. The highest BCUT2D eigenvalue weighted by atomic mass is 19.1. The summed E-state index contributed by atoms with van der Waals surface area (Å²) in [5.41, 5.74) is 1.56. The Labute approximate surface area is 151 Å². The second-order valence-electron chi connectivity index (χ2n) is 6.54. The summed E-state index contributed by atoms with van der Waals surface area (Å²) >= 11 is 0. The topological polar surface area (TPSA) is 106 Å². The molecule has 0 aliphatic carbocycles. The Hall–Kier alpha value is -3.56. The number of nitrogens with one attached hydrogen (secondary N) is 2. The molecule has 0 spiro atoms. The minimum absolute atomic E-state index is 0.248. The van der Waals surface area contributed by atoms with E-state index in [1.54, 1.807) is 22.6 Å². The van der Waals surface area contributed by atoms with E-state index in [0.29, 0.717) is 22.6 Å². The molecule has 0 radical (unpaired) electrons. The molecule has 2 unspecified atom stereocenters. The van der Waals surface area contributed by atoms with E-state index in [4.69, 9.17) is 0 Å². The molecule has 2 N–H and O–H groups in total. The molecule has 0 fully saturated rings. The van der Waals surface area contributed by atoms with Gasteiger partial charge in [-0.25, -0.2) is 14.5 Å². The number of anilines is 1. The van der Waals surface area contributed by atoms with Gasteiger partial charge < -0.3 is 5.32 Å². The Balaban J connectivity index is 1.86. The lowest BCUT2D eigenvalue weighted by Gasteiger charge is -2.33. The molecule has 0 saturated carbocycles. The Morgan fingerprint density at radius 2 is 2.04 bits per heavy atom. The van der Waals surface area contributed by atoms with Gasteiger partial charge in [-0.1, -0.05) is 0 Å². The largest absolute Gasteiger partial charge is 0.375 e. The minimum Gasteiger partial charge on any atom is -0.375 e. The van der Waals surface area contributed by atoms with Crippen LogP contribution in [-0.2, 0) is 14.1 Å². The van der Waals surface area contributed by atoms with Crippen LogP contribution in [-0.4, -0.2) is 34.7 Å². The molecule has 1 aliphatic rings. The van der Waals surface area contributed by atoms with Crippen molar-refractivity contribution in [1.82, 2.24) is 34.7 Å². The monoisotopic (exact) mass is 366 g/mol. The number of benzene rings is 1. The van der Waals surface area contributed by atoms with Gasteiger partial charge in [0.1, 0.15) is 18.0 Å². The molecule has 10 heteroatoms. The Bertz CT molecular complexity index is 1240. The van der Waals surface area contributed by atoms with Gasteiger partial charge in [0.2, 0.25) is 0 Å². The van der Waals surface area contributed by atoms with Crippen molar-refractivity contribution in [3.63, 3.8) is 0 Å². The molecule has 9 nitrogen and oxygen atoms in total. The third kappa shape index (κ3) is 2.19. The lowest BCUT2D eigenvalue weighted by molar-refractivity contribution is 0.533. The zero-order chi connectivity index (χ0) is 18.7. The lowest BCUT2D eigenvalue weighted by Crippen LogP contribution is -2.31. The first kappa shape index (κ1) is 15.7. The van der Waals surface area contributed by atoms with Gasteiger partial charge in [0.15, 0.2) is 0 Å². The number of nitrogens with zero attached hydrogens (tertiary/aromatic N) is 6. The predicted octanol–water partition coefficient (Wildman–Crippen LogP) is 1.22. The first-order valence-corrected chi connectivity index (χ1v) is 8.34. The van der Waals surface area contributed by atoms with Crippen molar-refractivity contribution in [3.05, 3.63) is 64.1 Å². The number of aromatic amines is 1. The van der Waals surface area contributed by atoms with Crippen molar-refractivity contribution in [3.8, 4) is 0 Å². The van der Waals surface area contributed by atoms with E-state index >= 15 is 0 Å². The van der Waals surface area contributed by atoms with Crippen molar-refractivity contribution >= 4 is 16.5 Å². The van der Waals surface area contributed by atoms with Crippen molar-refractivity contribution in [1.29, 1.82) is 0 Å². The van der Waals surface area contributed by atoms with E-state index in [0.717, 1.165) is 5.69 Å². The third-order valence-electron chi connectivity index (χ3n) is 5.02. The highest BCUT2D eigenvalue weighted by molar-refractivity contribution is 5.97. The van der Waals surface area contributed by atoms with Gasteiger partial charge in [-0.2, -0.15) is 15.3 Å². The molecule has 2 atom stereocenters. The van der Waals surface area contributed by atoms with E-state index < -0.39 is 11.4 Å². The average molecular weight is 366 g/mol. The molecule has 4 heterocycles. The summed E-state index contributed by atoms with van der Waals surface area (Å²) in [6, 6.07) is 4.16. The van der Waals surface area contributed by atoms with Gasteiger partial charge in [0, 0.05) is 31.4 Å². The molecule has 5 rings (SSSR count). The van der Waals surface area contributed by atoms with Crippen LogP contribution < -0.4 is 10.9 Å². The molecule has 1 aromatic carbocycles. The summed E-state index contributed by atoms with van der Waals surface area (Å²) in [6.07, 6.45) is 3.17. The van der Waals surface area contributed by atoms with Gasteiger partial charge in [-0.05, 0) is 18.2 Å². The third-order valence-corrected chi connectivity index (χ3v) is 5.02. The number of halogens is 1. The summed E-state index contributed by atoms with van der Waals surface area (Å²) in [5, 5.41) is 19.4. The summed E-state index contributed by atoms with van der Waals surface area (Å²) in [5.74, 6) is -0.178. The van der Waals surface area contributed by atoms with Crippen LogP contribution in [0.25, 0.3) is 10.8 Å². The zero-order valence-electron chi connectivity index (χ0n) is 14.5. The lowest BCUT2D eigenvalue weighted by atomic mass is 9.85. The van der Waals surface area contributed by atoms with Crippen molar-refractivity contribution < 1.29 is 4.39 Å². The van der Waals surface area contributed by atoms with E-state index in [2.05, 4.69) is 30.7 Å². The van der Waals surface area contributed by atoms with Crippen molar-refractivity contribution in [2.45, 2.75) is 12.0 Å². The number of H-pyrrole nitrogens is 1. The first-order valence-electron chi connectivity index (χ1n) is 8.34. The van der Waals surface area contributed by atoms with E-state index in [1.165, 1.54) is 18.5 Å². The van der Waals surface area contributed by atoms with Crippen LogP contribution in [0.4, 0.5) is 10.1 Å². The maximum atomic E-state index is 14.1. The summed E-state index contributed by atoms with van der Waals surface area (Å²) in [7, 11) is 3.63. The van der Waals surface area contributed by atoms with E-state index in [-0.39, 0.29) is 17.3 Å². The predicted molar refractivity (Wildman–Crippen MR) is 94.7 cm³/mol. The van der Waals surface area contributed by atoms with Gasteiger partial charge in [-0.15, -0.1) is 0 Å². The number of aryl methyl sites for hydroxylation is 2. The van der Waals surface area contributed by atoms with Crippen molar-refractivity contribution in [2.24, 2.45) is 14.1 Å². The number of hydrogen-bond donors (Lipinski definition) is 2. The van der Waals surface area contributed by atoms with Gasteiger partial charge in [-0.3, -0.25) is 14.2 Å². The summed E-state index contributed by atoms with van der Waals surface area (Å²) in [4.78, 5) is 16.6. The van der Waals surface area contributed by atoms with Crippen LogP contribution >= 0.6 is 0 Å². The SMILES string of the molecule is Cn1nccc1C1Nc2cc(F)cc3c(=O)[nH]nc(c23)C1c1ncnn1C. The highest BCUT2D eigenvalue weighted by Crippen LogP contribution is 2.45. The van der Waals surface area contributed by atoms with Gasteiger partial charge in [0.25, 0.3) is 5.56 Å². The molecule has 0 amide bonds. The summed E-state index contributed by atoms with van der Waals surface area (Å²) in [6.45, 7) is 0. The number of rotatable bonds is 2. The standard InChI is InChI=1S/C17H15FN8O/c1-25-11(3-4-20-25)14-13(16-19-7-21-26(16)2)15-12-9(17(27)24-23-15)5-8(18)6-10(12)22-14/h3-7,13-14,22H,1-2H3,(H,24,27). The van der Waals surface area contributed by atoms with Crippen LogP contribution in [0, 0.1) is 5.82 Å². The highest BCUT2D eigenvalue weighted by Gasteiger charge is 2.38. The number of aromatic nitrogens is 7. The fraction of sp³-hybridized carbons (Fsp3) is 0.235. The zero-order valence-corrected chi connectivity index (χ0v) is 14.5. The van der Waals surface area contributed by atoms with Crippen LogP contribution in [0.5, 0.6) is 0 Å². The van der Waals surface area contributed by atoms with Crippen LogP contribution in [0.1, 0.15) is 29.2 Å². The Morgan fingerprint density at radius 3 is 2.74 bits per heavy atom. The molecule has 136 valence electrons. The Kier molecular flexibility index (Phi) is 3.17. The van der Waals surface area contributed by atoms with Crippen molar-refractivity contribution in [2.75, 3.05) is 5.32 Å². The fourth-order valence-corrected chi connectivity index (χ4v) is 3.83. The smallest absolute Gasteiger partial charge is 0.272 e. The van der Waals surface area contributed by atoms with Gasteiger partial charge >= 0.3 is 0 Å². The molecular formula is C17H15FN8O. The normalized spacial score (nSPS) is 18.6. The molecule has 0 saturated heterocycles. The molecular weight excluding hydrogens is 351 g/mol. The minimum atomic E-state index is -0.492. The molecule has 27 heavy (non-hydrogen) atoms. The van der Waals surface area contributed by atoms with E-state index in [9.17, 15) is 9.18 Å². The number of hydrogen-bond acceptors (Lipinski definition) is 6. The second kappa shape index (κ2) is 5.47. The molecule has 3 aromatic heterocycles. The Morgan fingerprint density at radius 1 is 1.19 bits per heavy atom. The van der Waals surface area contributed by atoms with E-state index in [1.807, 2.05) is 13.1 Å². The van der Waals surface area contributed by atoms with Gasteiger partial charge in [0.05, 0.1) is 28.7 Å².